The average Bonchev–Trinajstić information content (AvgIpc) is 3.49. The van der Waals surface area contributed by atoms with Gasteiger partial charge in [-0.2, -0.15) is 0 Å². The Hall–Kier alpha value is -3.68. The molecular formula is C63H49CoIO4S12. The Morgan fingerprint density at radius 2 is 0.383 bits per heavy atom. The van der Waals surface area contributed by atoms with Crippen molar-refractivity contribution in [1.82, 2.24) is 0 Å². The Labute approximate surface area is 547 Å². The summed E-state index contributed by atoms with van der Waals surface area (Å²) in [6, 6.07) is 52.2. The van der Waals surface area contributed by atoms with Crippen molar-refractivity contribution >= 4 is 185 Å². The molecule has 14 rings (SSSR count). The third-order valence-corrected chi connectivity index (χ3v) is 28.7. The van der Waals surface area contributed by atoms with E-state index in [2.05, 4.69) is 97.1 Å². The van der Waals surface area contributed by atoms with E-state index in [0.717, 1.165) is 64.2 Å². The van der Waals surface area contributed by atoms with Crippen LogP contribution in [0.5, 0.6) is 0 Å². The number of rotatable bonds is 16. The second-order valence-corrected chi connectivity index (χ2v) is 31.9. The quantitative estimate of drug-likeness (QED) is 0.0549. The summed E-state index contributed by atoms with van der Waals surface area (Å²) in [6.07, 6.45) is 11.2. The number of carbonyl (C=O) groups excluding carboxylic acids is 4. The van der Waals surface area contributed by atoms with E-state index in [1.54, 1.807) is 45.3 Å². The van der Waals surface area contributed by atoms with Crippen molar-refractivity contribution in [3.8, 4) is 78.0 Å². The molecule has 413 valence electrons. The maximum Gasteiger partial charge on any atom is 2.00 e. The molecule has 2 aliphatic rings. The van der Waals surface area contributed by atoms with E-state index in [1.165, 1.54) is 155 Å². The Bertz CT molecular complexity index is 3530. The maximum absolute atomic E-state index is 11.5. The number of carbonyl (C=O) groups is 4. The maximum atomic E-state index is 11.5. The Morgan fingerprint density at radius 1 is 0.235 bits per heavy atom. The van der Waals surface area contributed by atoms with Crippen molar-refractivity contribution in [2.45, 2.75) is 55.8 Å². The van der Waals surface area contributed by atoms with Crippen LogP contribution in [0.2, 0.25) is 0 Å². The molecule has 0 unspecified atom stereocenters. The average molecular weight is 1440 g/mol. The molecule has 2 fully saturated rings. The molecule has 81 heavy (non-hydrogen) atoms. The van der Waals surface area contributed by atoms with Crippen molar-refractivity contribution in [3.05, 3.63) is 199 Å². The fourth-order valence-corrected chi connectivity index (χ4v) is 23.2. The van der Waals surface area contributed by atoms with Gasteiger partial charge in [0.15, 0.2) is 25.1 Å². The van der Waals surface area contributed by atoms with Gasteiger partial charge in [-0.05, 0) is 146 Å². The van der Waals surface area contributed by atoms with Gasteiger partial charge in [-0.1, -0.05) is 32.1 Å². The van der Waals surface area contributed by atoms with Crippen LogP contribution < -0.4 is 0 Å². The molecule has 12 heterocycles. The first-order valence-corrected chi connectivity index (χ1v) is 34.7. The molecular weight excluding hydrogens is 1390 g/mol. The SMILES string of the molecule is C1CCCC1.I.O=Cc1ccc(-c2ccc(-c3ccc(C4C(c5ccc(-c6ccc(-c7ccc(C=O)s7)s6)s5)C(c5ccc(-c6ccc(-c7ccc(C=O)s7)s6)s5)C4c4ccc(-c5ccc(-c6ccc(C=O)s6)s5)s4)s3)s2)s1.[CH3-].[CH3-].[Co+2]. The topological polar surface area (TPSA) is 68.3 Å². The van der Waals surface area contributed by atoms with Crippen LogP contribution in [0.25, 0.3) is 78.0 Å². The Balaban J connectivity index is 0.000000837. The summed E-state index contributed by atoms with van der Waals surface area (Å²) in [5, 5.41) is 0. The molecule has 0 bridgehead atoms. The third kappa shape index (κ3) is 12.8. The van der Waals surface area contributed by atoms with Crippen LogP contribution in [-0.4, -0.2) is 25.1 Å². The zero-order valence-corrected chi connectivity index (χ0v) is 56.5. The van der Waals surface area contributed by atoms with Crippen LogP contribution in [0, 0.1) is 14.9 Å². The van der Waals surface area contributed by atoms with E-state index >= 15 is 0 Å². The molecule has 0 saturated heterocycles. The molecule has 0 aromatic carbocycles. The number of hydrogen-bond donors (Lipinski definition) is 0. The fraction of sp³-hybridized carbons (Fsp3) is 0.143. The fourth-order valence-electron chi connectivity index (χ4n) is 10.3. The minimum atomic E-state index is 0. The van der Waals surface area contributed by atoms with Gasteiger partial charge in [-0.3, -0.25) is 19.2 Å². The van der Waals surface area contributed by atoms with Gasteiger partial charge >= 0.3 is 16.8 Å². The molecule has 2 aliphatic carbocycles. The van der Waals surface area contributed by atoms with Crippen LogP contribution in [0.3, 0.4) is 0 Å². The summed E-state index contributed by atoms with van der Waals surface area (Å²) in [6.45, 7) is 0. The van der Waals surface area contributed by atoms with Gasteiger partial charge in [-0.25, -0.2) is 0 Å². The predicted molar refractivity (Wildman–Crippen MR) is 368 cm³/mol. The number of halogens is 1. The van der Waals surface area contributed by atoms with Gasteiger partial charge in [0.2, 0.25) is 0 Å². The first-order chi connectivity index (χ1) is 37.9. The minimum absolute atomic E-state index is 0. The zero-order chi connectivity index (χ0) is 52.0. The van der Waals surface area contributed by atoms with E-state index in [9.17, 15) is 19.2 Å². The standard InChI is InChI=1S/C56H32O4S12.C5H10.2CH3.Co.HI/c57-25-29-1-5-33(61-29)37-9-13-41(65-37)45-17-21-49(69-45)53-54(50-22-18-46(70-50)42-14-10-38(66-42)34-6-2-30(26-58)62-34)56(52-24-20-48(72-52)44-16-12-40(68-44)36-8-4-32(28-60)64-36)55(53)51-23-19-47(71-51)43-15-11-39(67-43)35-7-3-31(27-59)63-35;1-2-4-5-3-1;;;;/h1-28,53-56H;1-5H2;2*1H3;;1H/q;;2*-1;+2;. The van der Waals surface area contributed by atoms with E-state index in [-0.39, 0.29) is 79.3 Å². The van der Waals surface area contributed by atoms with Crippen LogP contribution in [-0.2, 0) is 16.8 Å². The van der Waals surface area contributed by atoms with E-state index in [0.29, 0.717) is 0 Å². The van der Waals surface area contributed by atoms with Gasteiger partial charge in [0.05, 0.1) is 19.5 Å². The van der Waals surface area contributed by atoms with Gasteiger partial charge in [-0.15, -0.1) is 160 Å². The first-order valence-electron chi connectivity index (χ1n) is 24.9. The van der Waals surface area contributed by atoms with Crippen molar-refractivity contribution in [2.24, 2.45) is 0 Å². The second-order valence-electron chi connectivity index (χ2n) is 18.6. The zero-order valence-electron chi connectivity index (χ0n) is 43.3. The molecule has 18 heteroatoms. The molecule has 0 atom stereocenters. The van der Waals surface area contributed by atoms with Crippen molar-refractivity contribution < 1.29 is 36.0 Å². The van der Waals surface area contributed by atoms with E-state index in [1.807, 2.05) is 93.9 Å². The summed E-state index contributed by atoms with van der Waals surface area (Å²) in [5.74, 6) is 0.840. The van der Waals surface area contributed by atoms with Crippen molar-refractivity contribution in [1.29, 1.82) is 0 Å². The molecule has 2 saturated carbocycles. The van der Waals surface area contributed by atoms with E-state index < -0.39 is 0 Å². The summed E-state index contributed by atoms with van der Waals surface area (Å²) in [7, 11) is 0. The monoisotopic (exact) mass is 1440 g/mol. The Kier molecular flexibility index (Phi) is 21.1. The molecule has 0 aliphatic heterocycles. The van der Waals surface area contributed by atoms with Crippen LogP contribution in [0.4, 0.5) is 0 Å². The third-order valence-electron chi connectivity index (χ3n) is 14.0. The Morgan fingerprint density at radius 3 is 0.556 bits per heavy atom. The van der Waals surface area contributed by atoms with Gasteiger partial charge in [0.1, 0.15) is 0 Å². The molecule has 1 radical (unpaired) electrons. The minimum Gasteiger partial charge on any atom is -0.358 e. The first kappa shape index (κ1) is 61.9. The van der Waals surface area contributed by atoms with Crippen molar-refractivity contribution in [2.75, 3.05) is 0 Å². The largest absolute Gasteiger partial charge is 2.00 e. The number of aldehydes is 4. The number of thiophene rings is 12. The summed E-state index contributed by atoms with van der Waals surface area (Å²) in [4.78, 5) is 73.7. The number of hydrogen-bond acceptors (Lipinski definition) is 16. The molecule has 4 nitrogen and oxygen atoms in total. The predicted octanol–water partition coefficient (Wildman–Crippen LogP) is 23.9. The summed E-state index contributed by atoms with van der Waals surface area (Å²) >= 11 is 20.9. The second kappa shape index (κ2) is 27.6. The molecule has 12 aromatic heterocycles. The molecule has 12 aromatic rings. The smallest absolute Gasteiger partial charge is 0.358 e. The van der Waals surface area contributed by atoms with E-state index in [4.69, 9.17) is 0 Å². The van der Waals surface area contributed by atoms with Crippen molar-refractivity contribution in [3.63, 3.8) is 0 Å². The van der Waals surface area contributed by atoms with Gasteiger partial charge in [0.25, 0.3) is 0 Å². The van der Waals surface area contributed by atoms with Gasteiger partial charge in [0, 0.05) is 121 Å². The normalized spacial score (nSPS) is 16.2. The van der Waals surface area contributed by atoms with Crippen LogP contribution in [0.15, 0.2) is 146 Å². The van der Waals surface area contributed by atoms with Crippen LogP contribution >= 0.6 is 160 Å². The summed E-state index contributed by atoms with van der Waals surface area (Å²) in [5.41, 5.74) is 0. The van der Waals surface area contributed by atoms with Crippen LogP contribution in [0.1, 0.15) is 114 Å². The molecule has 0 amide bonds. The molecule has 0 spiro atoms. The van der Waals surface area contributed by atoms with Gasteiger partial charge < -0.3 is 14.9 Å². The molecule has 0 N–H and O–H groups in total. The summed E-state index contributed by atoms with van der Waals surface area (Å²) < 4.78 is 0.